The van der Waals surface area contributed by atoms with Crippen molar-refractivity contribution in [3.63, 3.8) is 0 Å². The lowest BCUT2D eigenvalue weighted by Gasteiger charge is -2.33. The maximum atomic E-state index is 13.8. The molecule has 1 aliphatic heterocycles. The predicted molar refractivity (Wildman–Crippen MR) is 145 cm³/mol. The highest BCUT2D eigenvalue weighted by molar-refractivity contribution is 7.91. The molecule has 0 spiro atoms. The second kappa shape index (κ2) is 11.0. The molecular formula is C25H34N4O3S3. The number of benzene rings is 1. The molecule has 1 fully saturated rings. The third-order valence-corrected chi connectivity index (χ3v) is 11.2. The van der Waals surface area contributed by atoms with Crippen LogP contribution in [0.1, 0.15) is 37.8 Å². The summed E-state index contributed by atoms with van der Waals surface area (Å²) in [5.41, 5.74) is 3.33. The van der Waals surface area contributed by atoms with Gasteiger partial charge in [0.2, 0.25) is 5.91 Å². The Morgan fingerprint density at radius 1 is 1.11 bits per heavy atom. The fourth-order valence-electron chi connectivity index (χ4n) is 4.47. The van der Waals surface area contributed by atoms with E-state index in [0.29, 0.717) is 36.7 Å². The van der Waals surface area contributed by atoms with Crippen molar-refractivity contribution in [1.82, 2.24) is 14.2 Å². The quantitative estimate of drug-likeness (QED) is 0.396. The van der Waals surface area contributed by atoms with Crippen LogP contribution in [0.2, 0.25) is 0 Å². The van der Waals surface area contributed by atoms with E-state index in [0.717, 1.165) is 35.0 Å². The molecule has 10 heteroatoms. The van der Waals surface area contributed by atoms with E-state index < -0.39 is 10.0 Å². The Balaban J connectivity index is 1.54. The van der Waals surface area contributed by atoms with Gasteiger partial charge in [-0.05, 0) is 74.5 Å². The van der Waals surface area contributed by atoms with E-state index in [1.165, 1.54) is 26.8 Å². The number of anilines is 1. The lowest BCUT2D eigenvalue weighted by atomic mass is 9.96. The Morgan fingerprint density at radius 3 is 2.43 bits per heavy atom. The minimum Gasteiger partial charge on any atom is -0.302 e. The van der Waals surface area contributed by atoms with E-state index in [-0.39, 0.29) is 11.8 Å². The number of carbonyl (C=O) groups excluding carboxylic acids is 1. The third-order valence-electron chi connectivity index (χ3n) is 6.92. The molecule has 4 rings (SSSR count). The molecule has 0 saturated carbocycles. The molecule has 3 aromatic rings. The first-order valence-corrected chi connectivity index (χ1v) is 15.3. The molecule has 7 nitrogen and oxygen atoms in total. The molecule has 1 aliphatic rings. The molecule has 0 radical (unpaired) electrons. The lowest BCUT2D eigenvalue weighted by molar-refractivity contribution is -0.123. The minimum absolute atomic E-state index is 0.0535. The zero-order valence-corrected chi connectivity index (χ0v) is 23.3. The zero-order chi connectivity index (χ0) is 25.2. The number of nitrogens with zero attached hydrogens (tertiary/aromatic N) is 4. The van der Waals surface area contributed by atoms with Crippen LogP contribution < -0.4 is 4.90 Å². The van der Waals surface area contributed by atoms with E-state index in [2.05, 4.69) is 44.7 Å². The van der Waals surface area contributed by atoms with Crippen molar-refractivity contribution in [3.05, 3.63) is 40.8 Å². The number of rotatable bonds is 9. The molecule has 0 bridgehead atoms. The number of amides is 1. The minimum atomic E-state index is -3.48. The molecule has 0 aliphatic carbocycles. The number of aromatic nitrogens is 1. The van der Waals surface area contributed by atoms with Crippen molar-refractivity contribution >= 4 is 54.0 Å². The molecule has 0 N–H and O–H groups in total. The summed E-state index contributed by atoms with van der Waals surface area (Å²) >= 11 is 2.79. The molecule has 35 heavy (non-hydrogen) atoms. The maximum Gasteiger partial charge on any atom is 0.252 e. The molecule has 0 atom stereocenters. The number of piperidine rings is 1. The summed E-state index contributed by atoms with van der Waals surface area (Å²) in [5.74, 6) is -0.158. The van der Waals surface area contributed by atoms with Crippen LogP contribution in [0.25, 0.3) is 10.2 Å². The van der Waals surface area contributed by atoms with E-state index in [9.17, 15) is 13.2 Å². The van der Waals surface area contributed by atoms with Gasteiger partial charge in [0.15, 0.2) is 5.13 Å². The normalized spacial score (nSPS) is 15.8. The van der Waals surface area contributed by atoms with E-state index in [1.54, 1.807) is 28.8 Å². The molecule has 1 saturated heterocycles. The fraction of sp³-hybridized carbons (Fsp3) is 0.520. The van der Waals surface area contributed by atoms with Gasteiger partial charge in [0, 0.05) is 32.1 Å². The predicted octanol–water partition coefficient (Wildman–Crippen LogP) is 4.75. The van der Waals surface area contributed by atoms with E-state index in [4.69, 9.17) is 4.98 Å². The van der Waals surface area contributed by atoms with E-state index in [1.807, 2.05) is 4.90 Å². The van der Waals surface area contributed by atoms with Crippen LogP contribution in [0.3, 0.4) is 0 Å². The molecule has 190 valence electrons. The van der Waals surface area contributed by atoms with Crippen molar-refractivity contribution in [2.45, 2.75) is 44.7 Å². The molecule has 1 aromatic carbocycles. The van der Waals surface area contributed by atoms with Gasteiger partial charge in [-0.25, -0.2) is 13.4 Å². The topological polar surface area (TPSA) is 73.8 Å². The monoisotopic (exact) mass is 534 g/mol. The summed E-state index contributed by atoms with van der Waals surface area (Å²) in [5, 5.41) is 2.51. The Labute approximate surface area is 216 Å². The number of carbonyl (C=O) groups is 1. The van der Waals surface area contributed by atoms with Gasteiger partial charge in [0.1, 0.15) is 4.21 Å². The van der Waals surface area contributed by atoms with E-state index >= 15 is 0 Å². The second-order valence-corrected chi connectivity index (χ2v) is 13.1. The van der Waals surface area contributed by atoms with Crippen molar-refractivity contribution < 1.29 is 13.2 Å². The Morgan fingerprint density at radius 2 is 1.80 bits per heavy atom. The number of thiazole rings is 1. The van der Waals surface area contributed by atoms with Crippen LogP contribution in [0.4, 0.5) is 5.13 Å². The first-order valence-electron chi connectivity index (χ1n) is 12.2. The van der Waals surface area contributed by atoms with Crippen LogP contribution in [-0.4, -0.2) is 67.8 Å². The number of thiophene rings is 1. The van der Waals surface area contributed by atoms with Gasteiger partial charge in [0.25, 0.3) is 10.0 Å². The van der Waals surface area contributed by atoms with Crippen molar-refractivity contribution in [1.29, 1.82) is 0 Å². The van der Waals surface area contributed by atoms with Gasteiger partial charge < -0.3 is 4.90 Å². The van der Waals surface area contributed by atoms with Crippen LogP contribution in [-0.2, 0) is 14.8 Å². The summed E-state index contributed by atoms with van der Waals surface area (Å²) < 4.78 is 28.8. The molecule has 3 heterocycles. The number of likely N-dealkylation sites (N-methyl/N-ethyl adjacent to an activating group) is 1. The third kappa shape index (κ3) is 5.61. The summed E-state index contributed by atoms with van der Waals surface area (Å²) in [6.45, 7) is 12.4. The van der Waals surface area contributed by atoms with Gasteiger partial charge in [-0.15, -0.1) is 11.3 Å². The number of fused-ring (bicyclic) bond motifs is 1. The number of sulfonamides is 1. The maximum absolute atomic E-state index is 13.8. The smallest absolute Gasteiger partial charge is 0.252 e. The highest BCUT2D eigenvalue weighted by Crippen LogP contribution is 2.33. The zero-order valence-electron chi connectivity index (χ0n) is 20.9. The highest BCUT2D eigenvalue weighted by Gasteiger charge is 2.35. The van der Waals surface area contributed by atoms with Crippen molar-refractivity contribution in [2.75, 3.05) is 44.2 Å². The highest BCUT2D eigenvalue weighted by atomic mass is 32.2. The van der Waals surface area contributed by atoms with Gasteiger partial charge in [-0.1, -0.05) is 31.3 Å². The number of hydrogen-bond acceptors (Lipinski definition) is 7. The molecule has 0 unspecified atom stereocenters. The number of hydrogen-bond donors (Lipinski definition) is 0. The first-order chi connectivity index (χ1) is 16.7. The van der Waals surface area contributed by atoms with Crippen molar-refractivity contribution in [2.24, 2.45) is 5.92 Å². The Hall–Kier alpha value is -1.85. The fourth-order valence-corrected chi connectivity index (χ4v) is 8.16. The Kier molecular flexibility index (Phi) is 8.27. The first kappa shape index (κ1) is 26.2. The SMILES string of the molecule is CCN(CC)CCN(C(=O)C1CCN(S(=O)(=O)c2cccs2)CC1)c1nc2cc(C)c(C)cc2s1. The van der Waals surface area contributed by atoms with Crippen LogP contribution >= 0.6 is 22.7 Å². The Bertz CT molecular complexity index is 1220. The second-order valence-electron chi connectivity index (χ2n) is 9.03. The molecular weight excluding hydrogens is 501 g/mol. The number of aryl methyl sites for hydroxylation is 2. The van der Waals surface area contributed by atoms with Crippen LogP contribution in [0.15, 0.2) is 33.9 Å². The molecule has 1 amide bonds. The standard InChI is InChI=1S/C25H34N4O3S3/c1-5-27(6-2)13-14-29(25-26-21-16-18(3)19(4)17-22(21)34-25)24(30)20-9-11-28(12-10-20)35(31,32)23-8-7-15-33-23/h7-8,15-17,20H,5-6,9-14H2,1-4H3. The van der Waals surface area contributed by atoms with Crippen molar-refractivity contribution in [3.8, 4) is 0 Å². The average Bonchev–Trinajstić information content (AvgIpc) is 3.53. The van der Waals surface area contributed by atoms with Gasteiger partial charge in [-0.2, -0.15) is 4.31 Å². The summed E-state index contributed by atoms with van der Waals surface area (Å²) in [6, 6.07) is 7.63. The average molecular weight is 535 g/mol. The largest absolute Gasteiger partial charge is 0.302 e. The van der Waals surface area contributed by atoms with Crippen LogP contribution in [0.5, 0.6) is 0 Å². The summed E-state index contributed by atoms with van der Waals surface area (Å²) in [6.07, 6.45) is 1.04. The van der Waals surface area contributed by atoms with Gasteiger partial charge in [0.05, 0.1) is 10.2 Å². The lowest BCUT2D eigenvalue weighted by Crippen LogP contribution is -2.46. The van der Waals surface area contributed by atoms with Gasteiger partial charge in [-0.3, -0.25) is 9.69 Å². The summed E-state index contributed by atoms with van der Waals surface area (Å²) in [7, 11) is -3.48. The molecule has 2 aromatic heterocycles. The summed E-state index contributed by atoms with van der Waals surface area (Å²) in [4.78, 5) is 22.8. The van der Waals surface area contributed by atoms with Crippen LogP contribution in [0, 0.1) is 19.8 Å². The van der Waals surface area contributed by atoms with Gasteiger partial charge >= 0.3 is 0 Å².